The van der Waals surface area contributed by atoms with Crippen LogP contribution in [0.3, 0.4) is 0 Å². The molecule has 1 saturated heterocycles. The average Bonchev–Trinajstić information content (AvgIpc) is 2.42. The number of nitrogens with two attached hydrogens (primary N) is 1. The Bertz CT molecular complexity index is 459. The molecule has 1 aromatic rings. The molecule has 5 heteroatoms. The van der Waals surface area contributed by atoms with E-state index >= 15 is 0 Å². The summed E-state index contributed by atoms with van der Waals surface area (Å²) in [6.45, 7) is 2.07. The molecular formula is C14H18ClFN2O. The molecule has 0 spiro atoms. The summed E-state index contributed by atoms with van der Waals surface area (Å²) in [5, 5.41) is -0.0865. The van der Waals surface area contributed by atoms with Crippen molar-refractivity contribution in [2.24, 2.45) is 11.7 Å². The molecule has 2 N–H and O–H groups in total. The highest BCUT2D eigenvalue weighted by molar-refractivity contribution is 6.34. The highest BCUT2D eigenvalue weighted by Gasteiger charge is 2.25. The minimum Gasteiger partial charge on any atom is -0.339 e. The van der Waals surface area contributed by atoms with Gasteiger partial charge in [-0.15, -0.1) is 0 Å². The standard InChI is InChI=1S/C14H18ClFN2O/c15-13-11(2-1-3-12(13)16)14(19)18-8-5-10(4-7-17)6-9-18/h1-3,10H,4-9,17H2. The van der Waals surface area contributed by atoms with E-state index in [9.17, 15) is 9.18 Å². The van der Waals surface area contributed by atoms with Crippen LogP contribution < -0.4 is 5.73 Å². The summed E-state index contributed by atoms with van der Waals surface area (Å²) in [5.74, 6) is -0.140. The fraction of sp³-hybridized carbons (Fsp3) is 0.500. The molecular weight excluding hydrogens is 267 g/mol. The molecule has 0 bridgehead atoms. The fourth-order valence-corrected chi connectivity index (χ4v) is 2.71. The van der Waals surface area contributed by atoms with Crippen LogP contribution >= 0.6 is 11.6 Å². The number of halogens is 2. The van der Waals surface area contributed by atoms with E-state index in [1.165, 1.54) is 12.1 Å². The third-order valence-electron chi connectivity index (χ3n) is 3.66. The quantitative estimate of drug-likeness (QED) is 0.927. The summed E-state index contributed by atoms with van der Waals surface area (Å²) < 4.78 is 13.4. The van der Waals surface area contributed by atoms with Crippen molar-refractivity contribution in [3.05, 3.63) is 34.6 Å². The minimum absolute atomic E-state index is 0.0865. The van der Waals surface area contributed by atoms with Gasteiger partial charge in [0.15, 0.2) is 0 Å². The first kappa shape index (κ1) is 14.3. The van der Waals surface area contributed by atoms with Crippen LogP contribution in [0.5, 0.6) is 0 Å². The number of hydrogen-bond acceptors (Lipinski definition) is 2. The van der Waals surface area contributed by atoms with Gasteiger partial charge in [-0.25, -0.2) is 4.39 Å². The number of carbonyl (C=O) groups excluding carboxylic acids is 1. The number of benzene rings is 1. The van der Waals surface area contributed by atoms with Crippen LogP contribution in [0, 0.1) is 11.7 Å². The lowest BCUT2D eigenvalue weighted by Gasteiger charge is -2.32. The largest absolute Gasteiger partial charge is 0.339 e. The van der Waals surface area contributed by atoms with E-state index in [-0.39, 0.29) is 16.5 Å². The van der Waals surface area contributed by atoms with Gasteiger partial charge in [0, 0.05) is 13.1 Å². The van der Waals surface area contributed by atoms with Gasteiger partial charge in [0.05, 0.1) is 10.6 Å². The predicted molar refractivity (Wildman–Crippen MR) is 73.7 cm³/mol. The van der Waals surface area contributed by atoms with Crippen molar-refractivity contribution in [2.75, 3.05) is 19.6 Å². The van der Waals surface area contributed by atoms with Crippen molar-refractivity contribution in [2.45, 2.75) is 19.3 Å². The maximum absolute atomic E-state index is 13.4. The Hall–Kier alpha value is -1.13. The van der Waals surface area contributed by atoms with Gasteiger partial charge in [-0.05, 0) is 43.9 Å². The SMILES string of the molecule is NCCC1CCN(C(=O)c2cccc(F)c2Cl)CC1. The van der Waals surface area contributed by atoms with Gasteiger partial charge in [-0.2, -0.15) is 0 Å². The van der Waals surface area contributed by atoms with E-state index in [0.717, 1.165) is 19.3 Å². The maximum Gasteiger partial charge on any atom is 0.255 e. The summed E-state index contributed by atoms with van der Waals surface area (Å²) in [6.07, 6.45) is 2.91. The number of carbonyl (C=O) groups is 1. The Morgan fingerprint density at radius 2 is 2.11 bits per heavy atom. The Morgan fingerprint density at radius 1 is 1.42 bits per heavy atom. The zero-order valence-corrected chi connectivity index (χ0v) is 11.5. The maximum atomic E-state index is 13.4. The molecule has 0 radical (unpaired) electrons. The molecule has 1 amide bonds. The van der Waals surface area contributed by atoms with Gasteiger partial charge >= 0.3 is 0 Å². The molecule has 0 aromatic heterocycles. The van der Waals surface area contributed by atoms with E-state index < -0.39 is 5.82 Å². The Morgan fingerprint density at radius 3 is 2.74 bits per heavy atom. The van der Waals surface area contributed by atoms with Crippen LogP contribution in [-0.4, -0.2) is 30.4 Å². The number of nitrogens with zero attached hydrogens (tertiary/aromatic N) is 1. The third kappa shape index (κ3) is 3.25. The zero-order valence-electron chi connectivity index (χ0n) is 10.7. The molecule has 3 nitrogen and oxygen atoms in total. The smallest absolute Gasteiger partial charge is 0.255 e. The molecule has 19 heavy (non-hydrogen) atoms. The summed E-state index contributed by atoms with van der Waals surface area (Å²) in [5.41, 5.74) is 5.79. The molecule has 0 saturated carbocycles. The van der Waals surface area contributed by atoms with Crippen molar-refractivity contribution in [1.82, 2.24) is 4.90 Å². The molecule has 0 aliphatic carbocycles. The van der Waals surface area contributed by atoms with Crippen molar-refractivity contribution in [1.29, 1.82) is 0 Å². The lowest BCUT2D eigenvalue weighted by molar-refractivity contribution is 0.0687. The van der Waals surface area contributed by atoms with Gasteiger partial charge < -0.3 is 10.6 Å². The molecule has 1 fully saturated rings. The normalized spacial score (nSPS) is 16.7. The summed E-state index contributed by atoms with van der Waals surface area (Å²) >= 11 is 5.85. The number of piperidine rings is 1. The molecule has 1 aliphatic rings. The van der Waals surface area contributed by atoms with E-state index in [4.69, 9.17) is 17.3 Å². The first-order chi connectivity index (χ1) is 9.13. The van der Waals surface area contributed by atoms with Gasteiger partial charge in [0.1, 0.15) is 5.82 Å². The Balaban J connectivity index is 2.03. The van der Waals surface area contributed by atoms with Crippen molar-refractivity contribution < 1.29 is 9.18 Å². The second-order valence-electron chi connectivity index (χ2n) is 4.91. The third-order valence-corrected chi connectivity index (χ3v) is 4.04. The number of hydrogen-bond donors (Lipinski definition) is 1. The predicted octanol–water partition coefficient (Wildman–Crippen LogP) is 2.68. The zero-order chi connectivity index (χ0) is 13.8. The lowest BCUT2D eigenvalue weighted by atomic mass is 9.93. The molecule has 2 rings (SSSR count). The molecule has 1 heterocycles. The monoisotopic (exact) mass is 284 g/mol. The Kier molecular flexibility index (Phi) is 4.77. The number of amides is 1. The average molecular weight is 285 g/mol. The number of rotatable bonds is 3. The van der Waals surface area contributed by atoms with Crippen LogP contribution in [0.25, 0.3) is 0 Å². The van der Waals surface area contributed by atoms with Crippen LogP contribution in [0.4, 0.5) is 4.39 Å². The van der Waals surface area contributed by atoms with Crippen LogP contribution in [0.2, 0.25) is 5.02 Å². The highest BCUT2D eigenvalue weighted by atomic mass is 35.5. The van der Waals surface area contributed by atoms with Crippen LogP contribution in [-0.2, 0) is 0 Å². The molecule has 104 valence electrons. The second-order valence-corrected chi connectivity index (χ2v) is 5.29. The van der Waals surface area contributed by atoms with Crippen molar-refractivity contribution in [3.63, 3.8) is 0 Å². The van der Waals surface area contributed by atoms with E-state index in [0.29, 0.717) is 25.6 Å². The minimum atomic E-state index is -0.550. The van der Waals surface area contributed by atoms with E-state index in [1.807, 2.05) is 0 Å². The van der Waals surface area contributed by atoms with Gasteiger partial charge in [0.25, 0.3) is 5.91 Å². The Labute approximate surface area is 117 Å². The summed E-state index contributed by atoms with van der Waals surface area (Å²) in [4.78, 5) is 14.0. The van der Waals surface area contributed by atoms with Gasteiger partial charge in [0.2, 0.25) is 0 Å². The summed E-state index contributed by atoms with van der Waals surface area (Å²) in [7, 11) is 0. The second kappa shape index (κ2) is 6.35. The highest BCUT2D eigenvalue weighted by Crippen LogP contribution is 2.25. The molecule has 1 aromatic carbocycles. The molecule has 0 unspecified atom stereocenters. The van der Waals surface area contributed by atoms with Gasteiger partial charge in [-0.1, -0.05) is 17.7 Å². The topological polar surface area (TPSA) is 46.3 Å². The van der Waals surface area contributed by atoms with E-state index in [2.05, 4.69) is 0 Å². The van der Waals surface area contributed by atoms with Crippen LogP contribution in [0.15, 0.2) is 18.2 Å². The fourth-order valence-electron chi connectivity index (χ4n) is 2.50. The molecule has 1 aliphatic heterocycles. The van der Waals surface area contributed by atoms with Crippen LogP contribution in [0.1, 0.15) is 29.6 Å². The summed E-state index contributed by atoms with van der Waals surface area (Å²) in [6, 6.07) is 4.34. The first-order valence-corrected chi connectivity index (χ1v) is 6.94. The lowest BCUT2D eigenvalue weighted by Crippen LogP contribution is -2.39. The van der Waals surface area contributed by atoms with Crippen molar-refractivity contribution >= 4 is 17.5 Å². The van der Waals surface area contributed by atoms with Gasteiger partial charge in [-0.3, -0.25) is 4.79 Å². The number of likely N-dealkylation sites (tertiary alicyclic amines) is 1. The first-order valence-electron chi connectivity index (χ1n) is 6.57. The molecule has 0 atom stereocenters. The van der Waals surface area contributed by atoms with E-state index in [1.54, 1.807) is 11.0 Å². The van der Waals surface area contributed by atoms with Crippen molar-refractivity contribution in [3.8, 4) is 0 Å².